The van der Waals surface area contributed by atoms with Crippen molar-refractivity contribution in [2.45, 2.75) is 6.92 Å². The van der Waals surface area contributed by atoms with Crippen LogP contribution in [-0.4, -0.2) is 19.6 Å². The van der Waals surface area contributed by atoms with E-state index < -0.39 is 5.23 Å². The van der Waals surface area contributed by atoms with Crippen molar-refractivity contribution in [3.63, 3.8) is 0 Å². The molecule has 9 heteroatoms. The Labute approximate surface area is 165 Å². The Bertz CT molecular complexity index is 1120. The van der Waals surface area contributed by atoms with E-state index in [1.165, 1.54) is 0 Å². The largest absolute Gasteiger partial charge is 0.595 e. The molecule has 1 unspecified atom stereocenters. The van der Waals surface area contributed by atoms with Crippen LogP contribution in [0.25, 0.3) is 16.6 Å². The first kappa shape index (κ1) is 17.4. The second-order valence-corrected chi connectivity index (χ2v) is 7.52. The van der Waals surface area contributed by atoms with Crippen LogP contribution in [0.3, 0.4) is 0 Å². The van der Waals surface area contributed by atoms with Crippen LogP contribution in [0.1, 0.15) is 5.56 Å². The lowest BCUT2D eigenvalue weighted by Crippen LogP contribution is -2.99. The van der Waals surface area contributed by atoms with E-state index in [0.717, 1.165) is 20.2 Å². The SMILES string of the molecule is Cc1cc(Br)c(Nc2nc3cccc([NH+]([O-])O)c3n3cncc23)c(Br)c1. The third kappa shape index (κ3) is 2.87. The molecule has 2 aromatic carbocycles. The van der Waals surface area contributed by atoms with Crippen LogP contribution >= 0.6 is 31.9 Å². The summed E-state index contributed by atoms with van der Waals surface area (Å²) in [4.78, 5) is 8.82. The molecule has 0 radical (unpaired) electrons. The molecule has 4 rings (SSSR count). The van der Waals surface area contributed by atoms with Gasteiger partial charge in [0, 0.05) is 15.0 Å². The predicted octanol–water partition coefficient (Wildman–Crippen LogP) is 3.86. The van der Waals surface area contributed by atoms with Crippen LogP contribution < -0.4 is 10.5 Å². The summed E-state index contributed by atoms with van der Waals surface area (Å²) >= 11 is 7.14. The molecular formula is C17H13Br2N5O2. The summed E-state index contributed by atoms with van der Waals surface area (Å²) in [6.45, 7) is 2.01. The van der Waals surface area contributed by atoms with E-state index in [4.69, 9.17) is 0 Å². The normalized spacial score (nSPS) is 12.7. The lowest BCUT2D eigenvalue weighted by atomic mass is 10.2. The number of benzene rings is 2. The Kier molecular flexibility index (Phi) is 4.41. The monoisotopic (exact) mass is 477 g/mol. The number of rotatable bonds is 3. The van der Waals surface area contributed by atoms with E-state index in [2.05, 4.69) is 47.1 Å². The summed E-state index contributed by atoms with van der Waals surface area (Å²) in [5.74, 6) is 0.586. The van der Waals surface area contributed by atoms with Gasteiger partial charge >= 0.3 is 0 Å². The Morgan fingerprint density at radius 3 is 2.65 bits per heavy atom. The average molecular weight is 479 g/mol. The fraction of sp³-hybridized carbons (Fsp3) is 0.0588. The summed E-state index contributed by atoms with van der Waals surface area (Å²) in [5, 5.41) is 23.4. The smallest absolute Gasteiger partial charge is 0.190 e. The number of halogens is 2. The fourth-order valence-electron chi connectivity index (χ4n) is 2.90. The second kappa shape index (κ2) is 6.60. The Morgan fingerprint density at radius 2 is 1.96 bits per heavy atom. The van der Waals surface area contributed by atoms with Crippen molar-refractivity contribution < 1.29 is 10.4 Å². The van der Waals surface area contributed by atoms with Gasteiger partial charge in [0.25, 0.3) is 0 Å². The Hall–Kier alpha value is -2.04. The second-order valence-electron chi connectivity index (χ2n) is 5.82. The van der Waals surface area contributed by atoms with Gasteiger partial charge in [-0.1, -0.05) is 6.07 Å². The number of imidazole rings is 1. The lowest BCUT2D eigenvalue weighted by Gasteiger charge is -2.17. The molecule has 3 N–H and O–H groups in total. The molecule has 0 bridgehead atoms. The first-order valence-electron chi connectivity index (χ1n) is 7.66. The van der Waals surface area contributed by atoms with Crippen molar-refractivity contribution in [1.82, 2.24) is 14.4 Å². The quantitative estimate of drug-likeness (QED) is 0.389. The Balaban J connectivity index is 1.96. The number of hydrogen-bond donors (Lipinski definition) is 3. The number of quaternary nitrogens is 1. The number of nitrogens with one attached hydrogen (secondary N) is 2. The maximum atomic E-state index is 11.6. The standard InChI is InChI=1S/C17H13Br2N5O2/c1-9-5-10(18)15(11(19)6-9)22-17-14-7-20-8-23(14)16-12(21-17)3-2-4-13(16)24(25)26/h2-8,24-25H,1H3,(H,21,22). The minimum atomic E-state index is -1.00. The molecular weight excluding hydrogens is 466 g/mol. The number of anilines is 2. The molecule has 2 heterocycles. The Morgan fingerprint density at radius 1 is 1.23 bits per heavy atom. The zero-order valence-electron chi connectivity index (χ0n) is 13.5. The van der Waals surface area contributed by atoms with Crippen molar-refractivity contribution in [3.05, 3.63) is 62.6 Å². The van der Waals surface area contributed by atoms with Crippen LogP contribution in [0.2, 0.25) is 0 Å². The van der Waals surface area contributed by atoms with Gasteiger partial charge in [0.2, 0.25) is 0 Å². The van der Waals surface area contributed by atoms with Gasteiger partial charge in [-0.3, -0.25) is 4.40 Å². The average Bonchev–Trinajstić information content (AvgIpc) is 3.07. The van der Waals surface area contributed by atoms with Gasteiger partial charge in [-0.25, -0.2) is 15.2 Å². The number of nitrogens with zero attached hydrogens (tertiary/aromatic N) is 3. The molecule has 1 atom stereocenters. The van der Waals surface area contributed by atoms with Crippen molar-refractivity contribution in [1.29, 1.82) is 0 Å². The molecule has 4 aromatic rings. The van der Waals surface area contributed by atoms with E-state index in [9.17, 15) is 10.4 Å². The first-order valence-corrected chi connectivity index (χ1v) is 9.25. The molecule has 0 saturated carbocycles. The fourth-order valence-corrected chi connectivity index (χ4v) is 4.52. The molecule has 0 aliphatic carbocycles. The first-order chi connectivity index (χ1) is 12.5. The van der Waals surface area contributed by atoms with Gasteiger partial charge in [-0.05, 0) is 62.5 Å². The highest BCUT2D eigenvalue weighted by molar-refractivity contribution is 9.11. The molecule has 26 heavy (non-hydrogen) atoms. The molecule has 0 aliphatic heterocycles. The summed E-state index contributed by atoms with van der Waals surface area (Å²) in [5.41, 5.74) is 3.89. The lowest BCUT2D eigenvalue weighted by molar-refractivity contribution is -0.990. The molecule has 0 aliphatic rings. The van der Waals surface area contributed by atoms with Crippen LogP contribution in [0, 0.1) is 12.1 Å². The van der Waals surface area contributed by atoms with Crippen LogP contribution in [0.15, 0.2) is 51.8 Å². The summed E-state index contributed by atoms with van der Waals surface area (Å²) in [6.07, 6.45) is 3.25. The number of para-hydroxylation sites is 1. The maximum Gasteiger partial charge on any atom is 0.190 e. The van der Waals surface area contributed by atoms with E-state index in [-0.39, 0.29) is 5.69 Å². The molecule has 0 spiro atoms. The van der Waals surface area contributed by atoms with E-state index in [0.29, 0.717) is 22.4 Å². The molecule has 2 aromatic heterocycles. The highest BCUT2D eigenvalue weighted by Gasteiger charge is 2.17. The van der Waals surface area contributed by atoms with Gasteiger partial charge in [0.05, 0.1) is 17.4 Å². The topological polar surface area (TPSA) is 90.0 Å². The highest BCUT2D eigenvalue weighted by atomic mass is 79.9. The minimum absolute atomic E-state index is 0.183. The minimum Gasteiger partial charge on any atom is -0.595 e. The van der Waals surface area contributed by atoms with E-state index in [1.807, 2.05) is 19.1 Å². The van der Waals surface area contributed by atoms with Crippen molar-refractivity contribution in [3.8, 4) is 0 Å². The summed E-state index contributed by atoms with van der Waals surface area (Å²) < 4.78 is 3.52. The number of aromatic nitrogens is 3. The molecule has 132 valence electrons. The molecule has 0 amide bonds. The summed E-state index contributed by atoms with van der Waals surface area (Å²) in [6, 6.07) is 9.04. The van der Waals surface area contributed by atoms with Gasteiger partial charge < -0.3 is 10.5 Å². The van der Waals surface area contributed by atoms with E-state index >= 15 is 0 Å². The van der Waals surface area contributed by atoms with Gasteiger partial charge in [0.1, 0.15) is 17.4 Å². The highest BCUT2D eigenvalue weighted by Crippen LogP contribution is 2.36. The van der Waals surface area contributed by atoms with Crippen LogP contribution in [0.4, 0.5) is 17.2 Å². The van der Waals surface area contributed by atoms with E-state index in [1.54, 1.807) is 35.1 Å². The molecule has 7 nitrogen and oxygen atoms in total. The zero-order valence-corrected chi connectivity index (χ0v) is 16.7. The third-order valence-electron chi connectivity index (χ3n) is 4.03. The van der Waals surface area contributed by atoms with Crippen molar-refractivity contribution in [2.75, 3.05) is 5.32 Å². The van der Waals surface area contributed by atoms with Crippen LogP contribution in [0.5, 0.6) is 0 Å². The molecule has 0 fully saturated rings. The van der Waals surface area contributed by atoms with Gasteiger partial charge in [-0.15, -0.1) is 0 Å². The maximum absolute atomic E-state index is 11.6. The van der Waals surface area contributed by atoms with Gasteiger partial charge in [0.15, 0.2) is 11.5 Å². The number of aryl methyl sites for hydroxylation is 1. The number of hydrogen-bond acceptors (Lipinski definition) is 5. The van der Waals surface area contributed by atoms with Crippen LogP contribution in [-0.2, 0) is 0 Å². The summed E-state index contributed by atoms with van der Waals surface area (Å²) in [7, 11) is 0. The molecule has 0 saturated heterocycles. The van der Waals surface area contributed by atoms with Gasteiger partial charge in [-0.2, -0.15) is 5.23 Å². The zero-order chi connectivity index (χ0) is 18.4. The van der Waals surface area contributed by atoms with Crippen molar-refractivity contribution >= 4 is 65.6 Å². The number of fused-ring (bicyclic) bond motifs is 3. The third-order valence-corrected chi connectivity index (χ3v) is 5.28. The van der Waals surface area contributed by atoms with Crippen molar-refractivity contribution in [2.24, 2.45) is 0 Å². The predicted molar refractivity (Wildman–Crippen MR) is 106 cm³/mol.